The molecule has 0 saturated heterocycles. The average Bonchev–Trinajstić information content (AvgIpc) is 2.66. The average molecular weight is 348 g/mol. The maximum atomic E-state index is 11.8. The van der Waals surface area contributed by atoms with Crippen molar-refractivity contribution in [2.24, 2.45) is 0 Å². The molecule has 0 aliphatic rings. The lowest BCUT2D eigenvalue weighted by Crippen LogP contribution is -2.17. The first-order chi connectivity index (χ1) is 12.3. The molecule has 0 N–H and O–H groups in total. The molecule has 0 aliphatic heterocycles. The highest BCUT2D eigenvalue weighted by Gasteiger charge is 2.22. The van der Waals surface area contributed by atoms with Gasteiger partial charge < -0.3 is 0 Å². The molecule has 0 aliphatic carbocycles. The van der Waals surface area contributed by atoms with Crippen molar-refractivity contribution >= 4 is 17.1 Å². The number of allylic oxidation sites excluding steroid dienone is 1. The lowest BCUT2D eigenvalue weighted by molar-refractivity contribution is 0.0980. The molecule has 2 heteroatoms. The van der Waals surface area contributed by atoms with Crippen molar-refractivity contribution in [2.45, 2.75) is 52.4 Å². The molecule has 0 fully saturated rings. The molecule has 0 heterocycles. The van der Waals surface area contributed by atoms with Crippen molar-refractivity contribution in [3.05, 3.63) is 77.4 Å². The topological polar surface area (TPSA) is 34.1 Å². The van der Waals surface area contributed by atoms with Gasteiger partial charge in [-0.3, -0.25) is 9.59 Å². The third-order valence-electron chi connectivity index (χ3n) is 4.90. The van der Waals surface area contributed by atoms with Crippen LogP contribution in [0.25, 0.3) is 5.57 Å². The van der Waals surface area contributed by atoms with Crippen molar-refractivity contribution in [1.82, 2.24) is 0 Å². The first kappa shape index (κ1) is 19.8. The second kappa shape index (κ2) is 8.27. The summed E-state index contributed by atoms with van der Waals surface area (Å²) >= 11 is 0. The monoisotopic (exact) mass is 348 g/mol. The molecule has 0 saturated carbocycles. The van der Waals surface area contributed by atoms with Crippen LogP contribution >= 0.6 is 0 Å². The highest BCUT2D eigenvalue weighted by atomic mass is 16.1. The summed E-state index contributed by atoms with van der Waals surface area (Å²) in [5.41, 5.74) is 4.70. The molecule has 0 aromatic heterocycles. The number of benzene rings is 2. The minimum atomic E-state index is -0.0945. The molecule has 0 atom stereocenters. The zero-order chi connectivity index (χ0) is 19.3. The second-order valence-electron chi connectivity index (χ2n) is 7.37. The summed E-state index contributed by atoms with van der Waals surface area (Å²) in [6.07, 6.45) is 1.84. The van der Waals surface area contributed by atoms with Crippen molar-refractivity contribution in [3.8, 4) is 0 Å². The highest BCUT2D eigenvalue weighted by molar-refractivity contribution is 5.96. The Morgan fingerprint density at radius 3 is 1.58 bits per heavy atom. The van der Waals surface area contributed by atoms with Crippen molar-refractivity contribution in [3.63, 3.8) is 0 Å². The quantitative estimate of drug-likeness (QED) is 0.528. The van der Waals surface area contributed by atoms with Crippen LogP contribution in [-0.2, 0) is 5.41 Å². The maximum absolute atomic E-state index is 11.8. The van der Waals surface area contributed by atoms with Crippen molar-refractivity contribution < 1.29 is 9.59 Å². The van der Waals surface area contributed by atoms with Gasteiger partial charge in [-0.15, -0.1) is 0 Å². The van der Waals surface area contributed by atoms with Crippen LogP contribution < -0.4 is 0 Å². The van der Waals surface area contributed by atoms with E-state index in [4.69, 9.17) is 0 Å². The van der Waals surface area contributed by atoms with E-state index < -0.39 is 0 Å². The van der Waals surface area contributed by atoms with E-state index in [0.29, 0.717) is 12.8 Å². The third-order valence-corrected chi connectivity index (χ3v) is 4.90. The first-order valence-electron chi connectivity index (χ1n) is 9.23. The fourth-order valence-corrected chi connectivity index (χ4v) is 3.14. The number of Topliss-reactive ketones (excluding diaryl/α,β-unsaturated/α-hetero) is 2. The molecule has 2 rings (SSSR count). The molecule has 0 unspecified atom stereocenters. The third kappa shape index (κ3) is 4.57. The Kier molecular flexibility index (Phi) is 6.31. The van der Waals surface area contributed by atoms with Gasteiger partial charge in [-0.25, -0.2) is 0 Å². The predicted molar refractivity (Wildman–Crippen MR) is 109 cm³/mol. The summed E-state index contributed by atoms with van der Waals surface area (Å²) < 4.78 is 0. The van der Waals surface area contributed by atoms with Gasteiger partial charge in [0, 0.05) is 24.0 Å². The first-order valence-corrected chi connectivity index (χ1v) is 9.23. The standard InChI is InChI=1S/C24H28O2/c1-6-22(25)19-10-8-18(9-11-19)17(3)16-24(4,5)21-14-12-20(13-15-21)23(26)7-2/h8-15H,3,6-7,16H2,1-2,4-5H3. The number of carbonyl (C=O) groups excluding carboxylic acids is 2. The number of carbonyl (C=O) groups is 2. The van der Waals surface area contributed by atoms with Crippen LogP contribution in [0.5, 0.6) is 0 Å². The summed E-state index contributed by atoms with van der Waals surface area (Å²) in [6, 6.07) is 15.6. The Balaban J connectivity index is 2.13. The Bertz CT molecular complexity index is 793. The molecular formula is C24H28O2. The summed E-state index contributed by atoms with van der Waals surface area (Å²) in [5.74, 6) is 0.324. The van der Waals surface area contributed by atoms with E-state index in [2.05, 4.69) is 20.4 Å². The Morgan fingerprint density at radius 2 is 1.15 bits per heavy atom. The van der Waals surface area contributed by atoms with Gasteiger partial charge in [-0.05, 0) is 28.5 Å². The molecule has 0 spiro atoms. The van der Waals surface area contributed by atoms with Gasteiger partial charge in [0.25, 0.3) is 0 Å². The minimum Gasteiger partial charge on any atom is -0.294 e. The lowest BCUT2D eigenvalue weighted by Gasteiger charge is -2.27. The molecule has 2 aromatic carbocycles. The smallest absolute Gasteiger partial charge is 0.162 e. The Morgan fingerprint density at radius 1 is 0.769 bits per heavy atom. The fraction of sp³-hybridized carbons (Fsp3) is 0.333. The zero-order valence-corrected chi connectivity index (χ0v) is 16.3. The summed E-state index contributed by atoms with van der Waals surface area (Å²) in [7, 11) is 0. The van der Waals surface area contributed by atoms with E-state index in [0.717, 1.165) is 28.7 Å². The molecule has 2 nitrogen and oxygen atoms in total. The highest BCUT2D eigenvalue weighted by Crippen LogP contribution is 2.33. The lowest BCUT2D eigenvalue weighted by atomic mass is 9.77. The number of rotatable bonds is 8. The maximum Gasteiger partial charge on any atom is 0.162 e. The van der Waals surface area contributed by atoms with Crippen LogP contribution in [-0.4, -0.2) is 11.6 Å². The van der Waals surface area contributed by atoms with E-state index >= 15 is 0 Å². The molecule has 2 aromatic rings. The van der Waals surface area contributed by atoms with Crippen LogP contribution in [0.3, 0.4) is 0 Å². The molecule has 136 valence electrons. The fourth-order valence-electron chi connectivity index (χ4n) is 3.14. The van der Waals surface area contributed by atoms with E-state index in [9.17, 15) is 9.59 Å². The summed E-state index contributed by atoms with van der Waals surface area (Å²) in [5, 5.41) is 0. The Labute approximate surface area is 157 Å². The second-order valence-corrected chi connectivity index (χ2v) is 7.37. The van der Waals surface area contributed by atoms with Gasteiger partial charge in [0.1, 0.15) is 0 Å². The number of ketones is 2. The molecule has 26 heavy (non-hydrogen) atoms. The van der Waals surface area contributed by atoms with Gasteiger partial charge in [0.2, 0.25) is 0 Å². The normalized spacial score (nSPS) is 11.2. The summed E-state index contributed by atoms with van der Waals surface area (Å²) in [6.45, 7) is 12.4. The Hall–Kier alpha value is -2.48. The predicted octanol–water partition coefficient (Wildman–Crippen LogP) is 6.25. The molecule has 0 bridgehead atoms. The largest absolute Gasteiger partial charge is 0.294 e. The van der Waals surface area contributed by atoms with Crippen LogP contribution in [0.15, 0.2) is 55.1 Å². The van der Waals surface area contributed by atoms with Gasteiger partial charge in [-0.2, -0.15) is 0 Å². The van der Waals surface area contributed by atoms with E-state index in [1.54, 1.807) is 0 Å². The van der Waals surface area contributed by atoms with Gasteiger partial charge in [-0.1, -0.05) is 82.8 Å². The van der Waals surface area contributed by atoms with E-state index in [1.807, 2.05) is 62.4 Å². The number of hydrogen-bond acceptors (Lipinski definition) is 2. The van der Waals surface area contributed by atoms with Crippen molar-refractivity contribution in [1.29, 1.82) is 0 Å². The summed E-state index contributed by atoms with van der Waals surface area (Å²) in [4.78, 5) is 23.6. The van der Waals surface area contributed by atoms with Gasteiger partial charge >= 0.3 is 0 Å². The zero-order valence-electron chi connectivity index (χ0n) is 16.3. The number of hydrogen-bond donors (Lipinski definition) is 0. The van der Waals surface area contributed by atoms with Crippen molar-refractivity contribution in [2.75, 3.05) is 0 Å². The van der Waals surface area contributed by atoms with Crippen LogP contribution in [0.4, 0.5) is 0 Å². The van der Waals surface area contributed by atoms with Crippen LogP contribution in [0.2, 0.25) is 0 Å². The van der Waals surface area contributed by atoms with Crippen LogP contribution in [0, 0.1) is 0 Å². The molecule has 0 amide bonds. The van der Waals surface area contributed by atoms with Gasteiger partial charge in [0.15, 0.2) is 11.6 Å². The SMILES string of the molecule is C=C(CC(C)(C)c1ccc(C(=O)CC)cc1)c1ccc(C(=O)CC)cc1. The minimum absolute atomic E-state index is 0.0945. The van der Waals surface area contributed by atoms with Crippen LogP contribution in [0.1, 0.15) is 78.8 Å². The van der Waals surface area contributed by atoms with E-state index in [1.165, 1.54) is 5.56 Å². The molecule has 0 radical (unpaired) electrons. The van der Waals surface area contributed by atoms with Gasteiger partial charge in [0.05, 0.1) is 0 Å². The molecular weight excluding hydrogens is 320 g/mol. The van der Waals surface area contributed by atoms with E-state index in [-0.39, 0.29) is 17.0 Å².